The molecule has 8 heteroatoms. The molecular weight excluding hydrogens is 391 g/mol. The Bertz CT molecular complexity index is 878. The fourth-order valence-electron chi connectivity index (χ4n) is 2.01. The van der Waals surface area contributed by atoms with E-state index in [1.807, 2.05) is 6.07 Å². The van der Waals surface area contributed by atoms with Gasteiger partial charge in [0, 0.05) is 5.02 Å². The standard InChI is InChI=1S/C19H16Cl2N2O4/c1-11(18(24)23-17-9-14(20)5-8-16(17)21)27-19(25)12(2)26-15-6-3-13(10-22)4-7-15/h3-9,11-12H,1-2H3,(H,23,24)/t11-,12+/m0/s1. The number of hydrogen-bond acceptors (Lipinski definition) is 5. The Kier molecular flexibility index (Phi) is 7.05. The van der Waals surface area contributed by atoms with Gasteiger partial charge in [0.05, 0.1) is 22.3 Å². The highest BCUT2D eigenvalue weighted by atomic mass is 35.5. The van der Waals surface area contributed by atoms with Crippen molar-refractivity contribution in [2.75, 3.05) is 5.32 Å². The van der Waals surface area contributed by atoms with Crippen molar-refractivity contribution >= 4 is 40.8 Å². The van der Waals surface area contributed by atoms with E-state index in [2.05, 4.69) is 5.32 Å². The molecule has 0 bridgehead atoms. The molecule has 0 radical (unpaired) electrons. The van der Waals surface area contributed by atoms with Crippen molar-refractivity contribution in [3.8, 4) is 11.8 Å². The maximum atomic E-state index is 12.2. The summed E-state index contributed by atoms with van der Waals surface area (Å²) in [5, 5.41) is 12.0. The first-order valence-electron chi connectivity index (χ1n) is 7.93. The van der Waals surface area contributed by atoms with Crippen LogP contribution in [0.4, 0.5) is 5.69 Å². The number of nitriles is 1. The Balaban J connectivity index is 1.92. The van der Waals surface area contributed by atoms with E-state index in [4.69, 9.17) is 37.9 Å². The Hall–Kier alpha value is -2.75. The van der Waals surface area contributed by atoms with Gasteiger partial charge >= 0.3 is 5.97 Å². The summed E-state index contributed by atoms with van der Waals surface area (Å²) in [5.41, 5.74) is 0.793. The maximum absolute atomic E-state index is 12.2. The number of carbonyl (C=O) groups excluding carboxylic acids is 2. The van der Waals surface area contributed by atoms with E-state index < -0.39 is 24.1 Å². The van der Waals surface area contributed by atoms with E-state index in [0.717, 1.165) is 0 Å². The topological polar surface area (TPSA) is 88.4 Å². The van der Waals surface area contributed by atoms with Gasteiger partial charge in [-0.15, -0.1) is 0 Å². The average molecular weight is 407 g/mol. The Labute approximate surface area is 166 Å². The summed E-state index contributed by atoms with van der Waals surface area (Å²) >= 11 is 11.9. The van der Waals surface area contributed by atoms with Crippen molar-refractivity contribution in [2.45, 2.75) is 26.1 Å². The minimum atomic E-state index is -1.07. The van der Waals surface area contributed by atoms with Gasteiger partial charge in [-0.05, 0) is 56.3 Å². The lowest BCUT2D eigenvalue weighted by molar-refractivity contribution is -0.159. The molecule has 0 spiro atoms. The number of benzene rings is 2. The maximum Gasteiger partial charge on any atom is 0.347 e. The molecule has 1 N–H and O–H groups in total. The highest BCUT2D eigenvalue weighted by Gasteiger charge is 2.23. The van der Waals surface area contributed by atoms with Crippen molar-refractivity contribution in [2.24, 2.45) is 0 Å². The van der Waals surface area contributed by atoms with Gasteiger partial charge in [-0.3, -0.25) is 4.79 Å². The van der Waals surface area contributed by atoms with E-state index in [-0.39, 0.29) is 0 Å². The quantitative estimate of drug-likeness (QED) is 0.725. The zero-order valence-corrected chi connectivity index (χ0v) is 16.0. The first-order valence-corrected chi connectivity index (χ1v) is 8.69. The lowest BCUT2D eigenvalue weighted by Crippen LogP contribution is -2.35. The van der Waals surface area contributed by atoms with Gasteiger partial charge in [-0.1, -0.05) is 23.2 Å². The summed E-state index contributed by atoms with van der Waals surface area (Å²) in [7, 11) is 0. The molecule has 0 unspecified atom stereocenters. The van der Waals surface area contributed by atoms with Gasteiger partial charge in [0.1, 0.15) is 5.75 Å². The number of halogens is 2. The van der Waals surface area contributed by atoms with Gasteiger partial charge in [-0.2, -0.15) is 5.26 Å². The molecule has 0 fully saturated rings. The summed E-state index contributed by atoms with van der Waals surface area (Å²) in [4.78, 5) is 24.3. The van der Waals surface area contributed by atoms with Crippen molar-refractivity contribution in [1.29, 1.82) is 5.26 Å². The molecule has 0 aliphatic carbocycles. The highest BCUT2D eigenvalue weighted by molar-refractivity contribution is 6.35. The molecule has 2 atom stereocenters. The fourth-order valence-corrected chi connectivity index (χ4v) is 2.35. The third-order valence-electron chi connectivity index (χ3n) is 3.48. The largest absolute Gasteiger partial charge is 0.479 e. The number of ether oxygens (including phenoxy) is 2. The second-order valence-corrected chi connectivity index (χ2v) is 6.43. The van der Waals surface area contributed by atoms with Crippen molar-refractivity contribution in [3.63, 3.8) is 0 Å². The Morgan fingerprint density at radius 1 is 1.07 bits per heavy atom. The van der Waals surface area contributed by atoms with Crippen LogP contribution in [0.25, 0.3) is 0 Å². The van der Waals surface area contributed by atoms with E-state index in [9.17, 15) is 9.59 Å². The van der Waals surface area contributed by atoms with Gasteiger partial charge < -0.3 is 14.8 Å². The number of nitrogens with zero attached hydrogens (tertiary/aromatic N) is 1. The lowest BCUT2D eigenvalue weighted by Gasteiger charge is -2.18. The SMILES string of the molecule is C[C@H](OC(=O)[C@@H](C)Oc1ccc(C#N)cc1)C(=O)Nc1cc(Cl)ccc1Cl. The predicted octanol–water partition coefficient (Wildman–Crippen LogP) is 4.20. The van der Waals surface area contributed by atoms with Crippen LogP contribution in [0.5, 0.6) is 5.75 Å². The number of esters is 1. The fraction of sp³-hybridized carbons (Fsp3) is 0.211. The molecule has 0 aliphatic heterocycles. The molecule has 140 valence electrons. The third-order valence-corrected chi connectivity index (χ3v) is 4.04. The van der Waals surface area contributed by atoms with Gasteiger partial charge in [0.25, 0.3) is 5.91 Å². The van der Waals surface area contributed by atoms with E-state index in [0.29, 0.717) is 27.0 Å². The molecular formula is C19H16Cl2N2O4. The molecule has 27 heavy (non-hydrogen) atoms. The molecule has 2 aromatic carbocycles. The molecule has 0 heterocycles. The molecule has 2 rings (SSSR count). The second kappa shape index (κ2) is 9.26. The van der Waals surface area contributed by atoms with Crippen molar-refractivity contribution < 1.29 is 19.1 Å². The van der Waals surface area contributed by atoms with Gasteiger partial charge in [-0.25, -0.2) is 4.79 Å². The van der Waals surface area contributed by atoms with Gasteiger partial charge in [0.2, 0.25) is 0 Å². The van der Waals surface area contributed by atoms with Crippen LogP contribution < -0.4 is 10.1 Å². The van der Waals surface area contributed by atoms with Crippen LogP contribution in [0.1, 0.15) is 19.4 Å². The van der Waals surface area contributed by atoms with Crippen LogP contribution in [-0.2, 0) is 14.3 Å². The molecule has 0 aromatic heterocycles. The molecule has 2 aromatic rings. The van der Waals surface area contributed by atoms with Crippen molar-refractivity contribution in [1.82, 2.24) is 0 Å². The summed E-state index contributed by atoms with van der Waals surface area (Å²) in [6.07, 6.45) is -2.01. The zero-order valence-electron chi connectivity index (χ0n) is 14.5. The van der Waals surface area contributed by atoms with E-state index >= 15 is 0 Å². The van der Waals surface area contributed by atoms with E-state index in [1.165, 1.54) is 19.9 Å². The number of amides is 1. The third kappa shape index (κ3) is 5.88. The lowest BCUT2D eigenvalue weighted by atomic mass is 10.2. The number of rotatable bonds is 6. The molecule has 0 saturated heterocycles. The molecule has 1 amide bonds. The van der Waals surface area contributed by atoms with Crippen molar-refractivity contribution in [3.05, 3.63) is 58.1 Å². The minimum absolute atomic E-state index is 0.309. The van der Waals surface area contributed by atoms with Crippen LogP contribution in [0.15, 0.2) is 42.5 Å². The Morgan fingerprint density at radius 3 is 2.37 bits per heavy atom. The second-order valence-electron chi connectivity index (χ2n) is 5.59. The average Bonchev–Trinajstić information content (AvgIpc) is 2.65. The predicted molar refractivity (Wildman–Crippen MR) is 102 cm³/mol. The number of anilines is 1. The first kappa shape index (κ1) is 20.6. The molecule has 0 saturated carbocycles. The monoisotopic (exact) mass is 406 g/mol. The molecule has 6 nitrogen and oxygen atoms in total. The van der Waals surface area contributed by atoms with Crippen LogP contribution in [0.3, 0.4) is 0 Å². The normalized spacial score (nSPS) is 12.4. The van der Waals surface area contributed by atoms with Crippen LogP contribution in [0.2, 0.25) is 10.0 Å². The zero-order chi connectivity index (χ0) is 20.0. The number of hydrogen-bond donors (Lipinski definition) is 1. The highest BCUT2D eigenvalue weighted by Crippen LogP contribution is 2.25. The summed E-state index contributed by atoms with van der Waals surface area (Å²) in [5.74, 6) is -0.862. The van der Waals surface area contributed by atoms with Gasteiger partial charge in [0.15, 0.2) is 12.2 Å². The summed E-state index contributed by atoms with van der Waals surface area (Å²) < 4.78 is 10.6. The van der Waals surface area contributed by atoms with E-state index in [1.54, 1.807) is 36.4 Å². The van der Waals surface area contributed by atoms with Crippen LogP contribution in [-0.4, -0.2) is 24.1 Å². The Morgan fingerprint density at radius 2 is 1.74 bits per heavy atom. The molecule has 0 aliphatic rings. The van der Waals surface area contributed by atoms with Crippen LogP contribution in [0, 0.1) is 11.3 Å². The summed E-state index contributed by atoms with van der Waals surface area (Å²) in [6.45, 7) is 2.93. The summed E-state index contributed by atoms with van der Waals surface area (Å²) in [6, 6.07) is 12.9. The number of nitrogens with one attached hydrogen (secondary N) is 1. The smallest absolute Gasteiger partial charge is 0.347 e. The van der Waals surface area contributed by atoms with Crippen LogP contribution >= 0.6 is 23.2 Å². The minimum Gasteiger partial charge on any atom is -0.479 e. The number of carbonyl (C=O) groups is 2. The first-order chi connectivity index (χ1) is 12.8.